The molecular formula is C12H10BrN5. The zero-order valence-electron chi connectivity index (χ0n) is 9.63. The molecule has 90 valence electrons. The molecule has 0 radical (unpaired) electrons. The first kappa shape index (κ1) is 11.2. The Morgan fingerprint density at radius 1 is 1.22 bits per heavy atom. The maximum Gasteiger partial charge on any atom is 0.182 e. The lowest BCUT2D eigenvalue weighted by atomic mass is 10.3. The molecule has 3 rings (SSSR count). The first-order valence-electron chi connectivity index (χ1n) is 5.39. The third kappa shape index (κ3) is 1.74. The summed E-state index contributed by atoms with van der Waals surface area (Å²) in [5, 5.41) is 0. The number of nitrogens with two attached hydrogens (primary N) is 1. The molecule has 18 heavy (non-hydrogen) atoms. The van der Waals surface area contributed by atoms with E-state index >= 15 is 0 Å². The van der Waals surface area contributed by atoms with E-state index < -0.39 is 0 Å². The van der Waals surface area contributed by atoms with E-state index in [-0.39, 0.29) is 0 Å². The van der Waals surface area contributed by atoms with Crippen molar-refractivity contribution in [1.29, 1.82) is 0 Å². The Kier molecular flexibility index (Phi) is 2.52. The highest BCUT2D eigenvalue weighted by Crippen LogP contribution is 2.24. The molecule has 5 nitrogen and oxygen atoms in total. The molecule has 0 saturated carbocycles. The van der Waals surface area contributed by atoms with Crippen LogP contribution >= 0.6 is 15.9 Å². The van der Waals surface area contributed by atoms with E-state index in [9.17, 15) is 0 Å². The van der Waals surface area contributed by atoms with Gasteiger partial charge in [-0.2, -0.15) is 0 Å². The average molecular weight is 304 g/mol. The fourth-order valence-electron chi connectivity index (χ4n) is 1.74. The molecule has 0 saturated heterocycles. The number of rotatable bonds is 1. The summed E-state index contributed by atoms with van der Waals surface area (Å²) in [6.07, 6.45) is 3.82. The van der Waals surface area contributed by atoms with E-state index in [4.69, 9.17) is 5.73 Å². The van der Waals surface area contributed by atoms with E-state index in [1.807, 2.05) is 41.9 Å². The SMILES string of the molecule is Cc1nc(-c2cn3ccccc3n2)nc(N)c1Br. The van der Waals surface area contributed by atoms with Crippen molar-refractivity contribution in [2.45, 2.75) is 6.92 Å². The Balaban J connectivity index is 2.20. The fraction of sp³-hybridized carbons (Fsp3) is 0.0833. The maximum absolute atomic E-state index is 5.82. The molecule has 0 spiro atoms. The average Bonchev–Trinajstić information content (AvgIpc) is 2.79. The smallest absolute Gasteiger partial charge is 0.182 e. The van der Waals surface area contributed by atoms with E-state index in [0.717, 1.165) is 15.8 Å². The van der Waals surface area contributed by atoms with Gasteiger partial charge in [0.25, 0.3) is 0 Å². The number of hydrogen-bond acceptors (Lipinski definition) is 4. The van der Waals surface area contributed by atoms with Gasteiger partial charge in [0, 0.05) is 12.4 Å². The van der Waals surface area contributed by atoms with Gasteiger partial charge in [0.15, 0.2) is 5.82 Å². The predicted octanol–water partition coefficient (Wildman–Crippen LogP) is 2.44. The third-order valence-corrected chi connectivity index (χ3v) is 3.62. The lowest BCUT2D eigenvalue weighted by Crippen LogP contribution is -2.00. The first-order valence-corrected chi connectivity index (χ1v) is 6.18. The molecule has 2 N–H and O–H groups in total. The Morgan fingerprint density at radius 3 is 2.78 bits per heavy atom. The first-order chi connectivity index (χ1) is 8.65. The van der Waals surface area contributed by atoms with Crippen LogP contribution in [0.5, 0.6) is 0 Å². The Labute approximate surface area is 112 Å². The van der Waals surface area contributed by atoms with Crippen molar-refractivity contribution in [2.75, 3.05) is 5.73 Å². The van der Waals surface area contributed by atoms with Crippen molar-refractivity contribution in [2.24, 2.45) is 0 Å². The third-order valence-electron chi connectivity index (χ3n) is 2.64. The normalized spacial score (nSPS) is 11.0. The fourth-order valence-corrected chi connectivity index (χ4v) is 1.92. The van der Waals surface area contributed by atoms with Gasteiger partial charge in [0.05, 0.1) is 10.2 Å². The summed E-state index contributed by atoms with van der Waals surface area (Å²) in [4.78, 5) is 13.1. The second kappa shape index (κ2) is 4.06. The predicted molar refractivity (Wildman–Crippen MR) is 73.1 cm³/mol. The number of anilines is 1. The number of nitrogens with zero attached hydrogens (tertiary/aromatic N) is 4. The van der Waals surface area contributed by atoms with Crippen LogP contribution in [-0.4, -0.2) is 19.4 Å². The van der Waals surface area contributed by atoms with Crippen LogP contribution in [-0.2, 0) is 0 Å². The summed E-state index contributed by atoms with van der Waals surface area (Å²) in [6.45, 7) is 1.88. The summed E-state index contributed by atoms with van der Waals surface area (Å²) < 4.78 is 2.65. The molecule has 0 bridgehead atoms. The van der Waals surface area contributed by atoms with Gasteiger partial charge in [-0.1, -0.05) is 6.07 Å². The van der Waals surface area contributed by atoms with Crippen molar-refractivity contribution < 1.29 is 0 Å². The zero-order valence-corrected chi connectivity index (χ0v) is 11.2. The van der Waals surface area contributed by atoms with Gasteiger partial charge in [-0.15, -0.1) is 0 Å². The van der Waals surface area contributed by atoms with Gasteiger partial charge in [-0.3, -0.25) is 0 Å². The van der Waals surface area contributed by atoms with Gasteiger partial charge in [-0.05, 0) is 35.0 Å². The van der Waals surface area contributed by atoms with E-state index in [1.165, 1.54) is 0 Å². The summed E-state index contributed by atoms with van der Waals surface area (Å²) in [5.74, 6) is 0.964. The lowest BCUT2D eigenvalue weighted by Gasteiger charge is -2.03. The molecule has 0 fully saturated rings. The molecule has 0 aliphatic rings. The number of aromatic nitrogens is 4. The van der Waals surface area contributed by atoms with Gasteiger partial charge in [0.2, 0.25) is 0 Å². The second-order valence-electron chi connectivity index (χ2n) is 3.92. The van der Waals surface area contributed by atoms with Crippen LogP contribution in [0.4, 0.5) is 5.82 Å². The topological polar surface area (TPSA) is 69.1 Å². The molecule has 3 aromatic rings. The van der Waals surface area contributed by atoms with Gasteiger partial charge in [-0.25, -0.2) is 15.0 Å². The van der Waals surface area contributed by atoms with Crippen molar-refractivity contribution in [1.82, 2.24) is 19.4 Å². The lowest BCUT2D eigenvalue weighted by molar-refractivity contribution is 1.09. The van der Waals surface area contributed by atoms with E-state index in [1.54, 1.807) is 0 Å². The molecule has 0 unspecified atom stereocenters. The molecule has 6 heteroatoms. The summed E-state index contributed by atoms with van der Waals surface area (Å²) in [6, 6.07) is 5.81. The summed E-state index contributed by atoms with van der Waals surface area (Å²) >= 11 is 3.34. The molecule has 0 aliphatic carbocycles. The van der Waals surface area contributed by atoms with Crippen LogP contribution in [0, 0.1) is 6.92 Å². The quantitative estimate of drug-likeness (QED) is 0.749. The maximum atomic E-state index is 5.82. The molecule has 0 aliphatic heterocycles. The van der Waals surface area contributed by atoms with Crippen molar-refractivity contribution in [3.05, 3.63) is 40.8 Å². The largest absolute Gasteiger partial charge is 0.383 e. The van der Waals surface area contributed by atoms with E-state index in [0.29, 0.717) is 17.3 Å². The summed E-state index contributed by atoms with van der Waals surface area (Å²) in [5.41, 5.74) is 8.19. The molecule has 0 aromatic carbocycles. The van der Waals surface area contributed by atoms with Crippen molar-refractivity contribution >= 4 is 27.4 Å². The van der Waals surface area contributed by atoms with Crippen LogP contribution in [0.3, 0.4) is 0 Å². The van der Waals surface area contributed by atoms with Gasteiger partial charge >= 0.3 is 0 Å². The summed E-state index contributed by atoms with van der Waals surface area (Å²) in [7, 11) is 0. The Bertz CT molecular complexity index is 678. The zero-order chi connectivity index (χ0) is 12.7. The minimum absolute atomic E-state index is 0.426. The van der Waals surface area contributed by atoms with Gasteiger partial charge in [0.1, 0.15) is 17.2 Å². The van der Waals surface area contributed by atoms with Gasteiger partial charge < -0.3 is 10.1 Å². The van der Waals surface area contributed by atoms with Crippen LogP contribution in [0.15, 0.2) is 35.1 Å². The minimum atomic E-state index is 0.426. The highest BCUT2D eigenvalue weighted by atomic mass is 79.9. The highest BCUT2D eigenvalue weighted by molar-refractivity contribution is 9.10. The standard InChI is InChI=1S/C12H10BrN5/c1-7-10(13)11(14)17-12(15-7)8-6-18-5-3-2-4-9(18)16-8/h2-6H,1H3,(H2,14,15,17). The highest BCUT2D eigenvalue weighted by Gasteiger charge is 2.11. The number of fused-ring (bicyclic) bond motifs is 1. The number of nitrogen functional groups attached to an aromatic ring is 1. The molecular weight excluding hydrogens is 294 g/mol. The van der Waals surface area contributed by atoms with Crippen molar-refractivity contribution in [3.63, 3.8) is 0 Å². The monoisotopic (exact) mass is 303 g/mol. The number of halogens is 1. The second-order valence-corrected chi connectivity index (χ2v) is 4.72. The molecule has 3 heterocycles. The molecule has 0 atom stereocenters. The van der Waals surface area contributed by atoms with Crippen LogP contribution in [0.2, 0.25) is 0 Å². The minimum Gasteiger partial charge on any atom is -0.383 e. The van der Waals surface area contributed by atoms with E-state index in [2.05, 4.69) is 30.9 Å². The number of pyridine rings is 1. The number of aryl methyl sites for hydroxylation is 1. The Morgan fingerprint density at radius 2 is 2.06 bits per heavy atom. The van der Waals surface area contributed by atoms with Crippen LogP contribution < -0.4 is 5.73 Å². The Hall–Kier alpha value is -1.95. The van der Waals surface area contributed by atoms with Crippen molar-refractivity contribution in [3.8, 4) is 11.5 Å². The number of hydrogen-bond donors (Lipinski definition) is 1. The molecule has 3 aromatic heterocycles. The molecule has 0 amide bonds. The number of imidazole rings is 1. The van der Waals surface area contributed by atoms with Crippen LogP contribution in [0.1, 0.15) is 5.69 Å². The van der Waals surface area contributed by atoms with Crippen LogP contribution in [0.25, 0.3) is 17.2 Å².